The molecule has 5 aromatic rings. The lowest BCUT2D eigenvalue weighted by molar-refractivity contribution is -0.275. The zero-order valence-corrected chi connectivity index (χ0v) is 34.2. The smallest absolute Gasteiger partial charge is 0.355 e. The quantitative estimate of drug-likeness (QED) is 0.168. The van der Waals surface area contributed by atoms with E-state index < -0.39 is 5.97 Å². The van der Waals surface area contributed by atoms with Gasteiger partial charge >= 0.3 is 12.0 Å². The van der Waals surface area contributed by atoms with E-state index in [1.807, 2.05) is 68.6 Å². The standard InChI is InChI=1S/C44H51N7O4S/c1-27-30(19-45-51(27)26-43-21-41(5)20-42(6,22-43)24-44(23-41,25-43)55-40(2,3)4)29-13-14-31(46-36(29)37(52)53)28-12-15-33-34(18-28)50(17-16-49(33)7)39(54)48-38-47-32-10-8-9-11-35(32)56-38/h8-15,18-19H,16-17,20-26H2,1-7H3,(H,52,53)(H,47,48,54). The number of likely N-dealkylation sites (N-methyl/N-ethyl adjacent to an activating group) is 1. The van der Waals surface area contributed by atoms with E-state index in [2.05, 4.69) is 54.5 Å². The summed E-state index contributed by atoms with van der Waals surface area (Å²) in [5, 5.41) is 19.0. The first-order valence-electron chi connectivity index (χ1n) is 19.7. The highest BCUT2D eigenvalue weighted by molar-refractivity contribution is 7.22. The molecule has 0 radical (unpaired) electrons. The number of para-hydroxylation sites is 1. The average molecular weight is 774 g/mol. The number of fused-ring (bicyclic) bond motifs is 2. The van der Waals surface area contributed by atoms with Gasteiger partial charge in [0.25, 0.3) is 0 Å². The summed E-state index contributed by atoms with van der Waals surface area (Å²) in [4.78, 5) is 39.8. The van der Waals surface area contributed by atoms with Gasteiger partial charge < -0.3 is 14.7 Å². The molecule has 2 atom stereocenters. The number of thiazole rings is 1. The number of amides is 2. The number of nitrogens with zero attached hydrogens (tertiary/aromatic N) is 6. The third-order valence-corrected chi connectivity index (χ3v) is 13.5. The first-order chi connectivity index (χ1) is 26.4. The van der Waals surface area contributed by atoms with Gasteiger partial charge in [0.1, 0.15) is 0 Å². The topological polar surface area (TPSA) is 126 Å². The second kappa shape index (κ2) is 12.6. The van der Waals surface area contributed by atoms with Crippen LogP contribution >= 0.6 is 11.3 Å². The summed E-state index contributed by atoms with van der Waals surface area (Å²) < 4.78 is 10.1. The molecule has 4 fully saturated rings. The van der Waals surface area contributed by atoms with Gasteiger partial charge in [0, 0.05) is 49.1 Å². The number of aromatic nitrogens is 4. The normalized spacial score (nSPS) is 26.8. The number of aromatic carboxylic acids is 1. The summed E-state index contributed by atoms with van der Waals surface area (Å²) in [5.41, 5.74) is 6.03. The molecule has 2 N–H and O–H groups in total. The van der Waals surface area contributed by atoms with Crippen LogP contribution in [0.2, 0.25) is 0 Å². The van der Waals surface area contributed by atoms with Crippen LogP contribution < -0.4 is 15.1 Å². The zero-order chi connectivity index (χ0) is 39.4. The highest BCUT2D eigenvalue weighted by Crippen LogP contribution is 2.72. The number of nitrogens with one attached hydrogen (secondary N) is 1. The number of benzene rings is 2. The van der Waals surface area contributed by atoms with Gasteiger partial charge in [0.05, 0.1) is 44.7 Å². The molecule has 0 saturated heterocycles. The van der Waals surface area contributed by atoms with Crippen molar-refractivity contribution in [1.82, 2.24) is 19.7 Å². The SMILES string of the molecule is Cc1c(-c2ccc(-c3ccc4c(c3)N(C(=O)Nc3nc5ccccc5s3)CCN4C)nc2C(=O)O)cnn1CC12CC3(C)CC(C)(C1)CC(OC(C)(C)C)(C3)C2. The molecule has 4 heterocycles. The van der Waals surface area contributed by atoms with Crippen LogP contribution in [0.5, 0.6) is 0 Å². The van der Waals surface area contributed by atoms with Gasteiger partial charge in [-0.15, -0.1) is 0 Å². The predicted molar refractivity (Wildman–Crippen MR) is 222 cm³/mol. The van der Waals surface area contributed by atoms with Crippen molar-refractivity contribution in [3.63, 3.8) is 0 Å². The third kappa shape index (κ3) is 6.44. The molecule has 4 aliphatic carbocycles. The third-order valence-electron chi connectivity index (χ3n) is 12.5. The number of ether oxygens (including phenoxy) is 1. The molecule has 56 heavy (non-hydrogen) atoms. The van der Waals surface area contributed by atoms with Crippen LogP contribution in [0, 0.1) is 23.2 Å². The van der Waals surface area contributed by atoms with Crippen LogP contribution in [0.1, 0.15) is 89.3 Å². The Morgan fingerprint density at radius 3 is 2.38 bits per heavy atom. The van der Waals surface area contributed by atoms with Crippen LogP contribution in [0.15, 0.2) is 60.8 Å². The number of carboxylic acids is 1. The Bertz CT molecular complexity index is 2350. The lowest BCUT2D eigenvalue weighted by Gasteiger charge is -2.70. The van der Waals surface area contributed by atoms with Crippen molar-refractivity contribution >= 4 is 50.1 Å². The predicted octanol–water partition coefficient (Wildman–Crippen LogP) is 9.65. The Morgan fingerprint density at radius 2 is 1.66 bits per heavy atom. The molecule has 1 aliphatic heterocycles. The van der Waals surface area contributed by atoms with Gasteiger partial charge in [0.15, 0.2) is 10.8 Å². The lowest BCUT2D eigenvalue weighted by atomic mass is 9.39. The second-order valence-electron chi connectivity index (χ2n) is 19.0. The number of rotatable bonds is 7. The van der Waals surface area contributed by atoms with Crippen molar-refractivity contribution in [3.05, 3.63) is 72.2 Å². The highest BCUT2D eigenvalue weighted by Gasteiger charge is 2.66. The first kappa shape index (κ1) is 36.8. The molecule has 4 saturated carbocycles. The Kier molecular flexibility index (Phi) is 8.28. The summed E-state index contributed by atoms with van der Waals surface area (Å²) in [5.74, 6) is -1.10. The number of carboxylic acid groups (broad SMARTS) is 1. The van der Waals surface area contributed by atoms with E-state index in [0.717, 1.165) is 71.5 Å². The fraction of sp³-hybridized carbons (Fsp3) is 0.477. The van der Waals surface area contributed by atoms with Crippen molar-refractivity contribution < 1.29 is 19.4 Å². The van der Waals surface area contributed by atoms with Crippen molar-refractivity contribution in [3.8, 4) is 22.4 Å². The van der Waals surface area contributed by atoms with Crippen LogP contribution in [0.4, 0.5) is 21.3 Å². The van der Waals surface area contributed by atoms with Crippen molar-refractivity contribution in [2.75, 3.05) is 35.3 Å². The minimum atomic E-state index is -1.10. The summed E-state index contributed by atoms with van der Waals surface area (Å²) in [7, 11) is 2.00. The van der Waals surface area contributed by atoms with Gasteiger partial charge in [-0.2, -0.15) is 5.10 Å². The number of carbonyl (C=O) groups excluding carboxylic acids is 1. The molecule has 2 aromatic carbocycles. The molecule has 3 aromatic heterocycles. The molecule has 11 nitrogen and oxygen atoms in total. The monoisotopic (exact) mass is 773 g/mol. The molecule has 12 heteroatoms. The fourth-order valence-corrected chi connectivity index (χ4v) is 12.8. The Hall–Kier alpha value is -4.81. The van der Waals surface area contributed by atoms with E-state index in [-0.39, 0.29) is 39.2 Å². The maximum atomic E-state index is 13.7. The van der Waals surface area contributed by atoms with Gasteiger partial charge in [-0.3, -0.25) is 14.9 Å². The van der Waals surface area contributed by atoms with Gasteiger partial charge in [-0.1, -0.05) is 43.4 Å². The summed E-state index contributed by atoms with van der Waals surface area (Å²) in [6.07, 6.45) is 8.56. The number of anilines is 3. The van der Waals surface area contributed by atoms with Gasteiger partial charge in [0.2, 0.25) is 0 Å². The van der Waals surface area contributed by atoms with Crippen LogP contribution in [0.25, 0.3) is 32.6 Å². The summed E-state index contributed by atoms with van der Waals surface area (Å²) >= 11 is 1.44. The molecule has 2 unspecified atom stereocenters. The molecule has 0 spiro atoms. The molecule has 2 amide bonds. The van der Waals surface area contributed by atoms with Crippen LogP contribution in [-0.2, 0) is 11.3 Å². The molecular weight excluding hydrogens is 723 g/mol. The average Bonchev–Trinajstić information content (AvgIpc) is 3.66. The number of hydrogen-bond acceptors (Lipinski definition) is 8. The second-order valence-corrected chi connectivity index (χ2v) is 20.0. The fourth-order valence-electron chi connectivity index (χ4n) is 12.0. The highest BCUT2D eigenvalue weighted by atomic mass is 32.1. The molecule has 4 bridgehead atoms. The van der Waals surface area contributed by atoms with Crippen LogP contribution in [0.3, 0.4) is 0 Å². The summed E-state index contributed by atoms with van der Waals surface area (Å²) in [6.45, 7) is 15.4. The minimum absolute atomic E-state index is 0.0298. The van der Waals surface area contributed by atoms with Crippen molar-refractivity contribution in [2.24, 2.45) is 16.2 Å². The molecular formula is C44H51N7O4S. The van der Waals surface area contributed by atoms with E-state index in [0.29, 0.717) is 35.0 Å². The van der Waals surface area contributed by atoms with Crippen LogP contribution in [-0.4, -0.2) is 68.2 Å². The van der Waals surface area contributed by atoms with Gasteiger partial charge in [-0.05, 0) is 119 Å². The minimum Gasteiger partial charge on any atom is -0.476 e. The summed E-state index contributed by atoms with van der Waals surface area (Å²) in [6, 6.07) is 17.1. The van der Waals surface area contributed by atoms with Crippen molar-refractivity contribution in [2.45, 2.75) is 97.8 Å². The maximum Gasteiger partial charge on any atom is 0.355 e. The molecule has 292 valence electrons. The Labute approximate surface area is 332 Å². The maximum absolute atomic E-state index is 13.7. The molecule has 5 aliphatic rings. The Morgan fingerprint density at radius 1 is 0.911 bits per heavy atom. The first-order valence-corrected chi connectivity index (χ1v) is 20.5. The van der Waals surface area contributed by atoms with Gasteiger partial charge in [-0.25, -0.2) is 19.6 Å². The van der Waals surface area contributed by atoms with E-state index in [1.165, 1.54) is 17.8 Å². The lowest BCUT2D eigenvalue weighted by Crippen LogP contribution is -2.65. The number of pyridine rings is 1. The largest absolute Gasteiger partial charge is 0.476 e. The number of hydrogen-bond donors (Lipinski definition) is 2. The van der Waals surface area contributed by atoms with E-state index >= 15 is 0 Å². The van der Waals surface area contributed by atoms with E-state index in [9.17, 15) is 14.7 Å². The Balaban J connectivity index is 1.00. The molecule has 10 rings (SSSR count). The van der Waals surface area contributed by atoms with E-state index in [1.54, 1.807) is 11.1 Å². The zero-order valence-electron chi connectivity index (χ0n) is 33.4. The van der Waals surface area contributed by atoms with Crippen molar-refractivity contribution in [1.29, 1.82) is 0 Å². The van der Waals surface area contributed by atoms with E-state index in [4.69, 9.17) is 14.8 Å². The number of carbonyl (C=O) groups is 2. The number of urea groups is 1.